The molecule has 0 saturated carbocycles. The van der Waals surface area contributed by atoms with Gasteiger partial charge in [0.2, 0.25) is 0 Å². The van der Waals surface area contributed by atoms with Crippen LogP contribution in [0.15, 0.2) is 35.6 Å². The van der Waals surface area contributed by atoms with Gasteiger partial charge >= 0.3 is 0 Å². The Balaban J connectivity index is 2.05. The lowest BCUT2D eigenvalue weighted by Gasteiger charge is -1.98. The van der Waals surface area contributed by atoms with Crippen molar-refractivity contribution < 1.29 is 9.90 Å². The first kappa shape index (κ1) is 13.5. The molecule has 98 valence electrons. The number of nitrogens with zero attached hydrogens (tertiary/aromatic N) is 3. The normalized spacial score (nSPS) is 10.8. The summed E-state index contributed by atoms with van der Waals surface area (Å²) in [5.41, 5.74) is 3.21. The van der Waals surface area contributed by atoms with Crippen LogP contribution in [0, 0.1) is 3.57 Å². The minimum Gasteiger partial charge on any atom is -0.507 e. The zero-order chi connectivity index (χ0) is 13.8. The Morgan fingerprint density at radius 1 is 1.53 bits per heavy atom. The molecule has 0 bridgehead atoms. The SMILES string of the molecule is Cn1cc(I)c(C(=O)NN=Cc2ccccc2O)n1. The molecule has 0 atom stereocenters. The van der Waals surface area contributed by atoms with Crippen LogP contribution in [0.3, 0.4) is 0 Å². The number of halogens is 1. The van der Waals surface area contributed by atoms with Crippen LogP contribution in [0.2, 0.25) is 0 Å². The minimum atomic E-state index is -0.392. The van der Waals surface area contributed by atoms with Crippen LogP contribution >= 0.6 is 22.6 Å². The number of benzene rings is 1. The lowest BCUT2D eigenvalue weighted by molar-refractivity contribution is 0.0948. The van der Waals surface area contributed by atoms with Crippen molar-refractivity contribution in [2.45, 2.75) is 0 Å². The Morgan fingerprint density at radius 2 is 2.26 bits per heavy atom. The number of hydrazone groups is 1. The molecule has 19 heavy (non-hydrogen) atoms. The number of aryl methyl sites for hydroxylation is 1. The van der Waals surface area contributed by atoms with Crippen molar-refractivity contribution in [2.24, 2.45) is 12.1 Å². The second-order valence-corrected chi connectivity index (χ2v) is 4.92. The molecule has 7 heteroatoms. The molecule has 2 rings (SSSR count). The Hall–Kier alpha value is -1.90. The van der Waals surface area contributed by atoms with Crippen molar-refractivity contribution in [3.8, 4) is 5.75 Å². The Kier molecular flexibility index (Phi) is 4.15. The standard InChI is InChI=1S/C12H11IN4O2/c1-17-7-9(13)11(16-17)12(19)15-14-6-8-4-2-3-5-10(8)18/h2-7,18H,1H3,(H,15,19). The summed E-state index contributed by atoms with van der Waals surface area (Å²) in [4.78, 5) is 11.8. The number of hydrogen-bond acceptors (Lipinski definition) is 4. The van der Waals surface area contributed by atoms with Gasteiger partial charge < -0.3 is 5.11 Å². The molecular weight excluding hydrogens is 359 g/mol. The van der Waals surface area contributed by atoms with Gasteiger partial charge in [-0.25, -0.2) is 5.43 Å². The minimum absolute atomic E-state index is 0.105. The topological polar surface area (TPSA) is 79.5 Å². The average molecular weight is 370 g/mol. The van der Waals surface area contributed by atoms with Gasteiger partial charge in [0, 0.05) is 18.8 Å². The number of nitrogens with one attached hydrogen (secondary N) is 1. The molecule has 2 N–H and O–H groups in total. The molecule has 0 aliphatic heterocycles. The van der Waals surface area contributed by atoms with E-state index < -0.39 is 5.91 Å². The Labute approximate surface area is 123 Å². The maximum Gasteiger partial charge on any atom is 0.292 e. The molecule has 1 heterocycles. The van der Waals surface area contributed by atoms with E-state index >= 15 is 0 Å². The van der Waals surface area contributed by atoms with Gasteiger partial charge in [0.25, 0.3) is 5.91 Å². The monoisotopic (exact) mass is 370 g/mol. The average Bonchev–Trinajstić information content (AvgIpc) is 2.71. The number of aromatic hydroxyl groups is 1. The first-order valence-corrected chi connectivity index (χ1v) is 6.46. The first-order chi connectivity index (χ1) is 9.08. The first-order valence-electron chi connectivity index (χ1n) is 5.38. The van der Waals surface area contributed by atoms with Crippen molar-refractivity contribution in [1.29, 1.82) is 0 Å². The van der Waals surface area contributed by atoms with E-state index in [2.05, 4.69) is 15.6 Å². The highest BCUT2D eigenvalue weighted by atomic mass is 127. The van der Waals surface area contributed by atoms with Gasteiger partial charge in [0.1, 0.15) is 5.75 Å². The maximum atomic E-state index is 11.8. The second kappa shape index (κ2) is 5.83. The van der Waals surface area contributed by atoms with E-state index in [1.54, 1.807) is 42.2 Å². The van der Waals surface area contributed by atoms with Crippen molar-refractivity contribution >= 4 is 34.7 Å². The molecule has 1 amide bonds. The summed E-state index contributed by atoms with van der Waals surface area (Å²) in [6, 6.07) is 6.71. The number of phenolic OH excluding ortho intramolecular Hbond substituents is 1. The molecule has 0 radical (unpaired) electrons. The third kappa shape index (κ3) is 3.31. The molecular formula is C12H11IN4O2. The lowest BCUT2D eigenvalue weighted by atomic mass is 10.2. The number of carbonyl (C=O) groups is 1. The van der Waals surface area contributed by atoms with E-state index in [0.717, 1.165) is 3.57 Å². The van der Waals surface area contributed by atoms with Crippen LogP contribution < -0.4 is 5.43 Å². The van der Waals surface area contributed by atoms with Crippen molar-refractivity contribution in [3.63, 3.8) is 0 Å². The van der Waals surface area contributed by atoms with Crippen LogP contribution in [-0.2, 0) is 7.05 Å². The predicted octanol–water partition coefficient (Wildman–Crippen LogP) is 1.49. The molecule has 0 saturated heterocycles. The van der Waals surface area contributed by atoms with E-state index in [9.17, 15) is 9.90 Å². The predicted molar refractivity (Wildman–Crippen MR) is 79.1 cm³/mol. The summed E-state index contributed by atoms with van der Waals surface area (Å²) < 4.78 is 2.30. The maximum absolute atomic E-state index is 11.8. The summed E-state index contributed by atoms with van der Waals surface area (Å²) in [5, 5.41) is 17.3. The smallest absolute Gasteiger partial charge is 0.292 e. The molecule has 0 aliphatic carbocycles. The van der Waals surface area contributed by atoms with Crippen molar-refractivity contribution in [1.82, 2.24) is 15.2 Å². The molecule has 1 aromatic heterocycles. The highest BCUT2D eigenvalue weighted by Crippen LogP contribution is 2.12. The molecule has 0 fully saturated rings. The summed E-state index contributed by atoms with van der Waals surface area (Å²) >= 11 is 2.03. The Bertz CT molecular complexity index is 636. The second-order valence-electron chi connectivity index (χ2n) is 3.76. The zero-order valence-corrected chi connectivity index (χ0v) is 12.2. The van der Waals surface area contributed by atoms with Crippen LogP contribution in [0.4, 0.5) is 0 Å². The van der Waals surface area contributed by atoms with Gasteiger partial charge in [0.05, 0.1) is 9.78 Å². The highest BCUT2D eigenvalue weighted by Gasteiger charge is 2.13. The van der Waals surface area contributed by atoms with Crippen LogP contribution in [0.5, 0.6) is 5.75 Å². The summed E-state index contributed by atoms with van der Waals surface area (Å²) in [7, 11) is 1.74. The molecule has 0 unspecified atom stereocenters. The number of aromatic nitrogens is 2. The van der Waals surface area contributed by atoms with Gasteiger partial charge in [-0.05, 0) is 34.7 Å². The van der Waals surface area contributed by atoms with Gasteiger partial charge in [-0.3, -0.25) is 9.48 Å². The molecule has 0 aliphatic rings. The third-order valence-corrected chi connectivity index (χ3v) is 3.10. The summed E-state index contributed by atoms with van der Waals surface area (Å²) in [5.74, 6) is -0.287. The number of para-hydroxylation sites is 1. The summed E-state index contributed by atoms with van der Waals surface area (Å²) in [6.07, 6.45) is 3.12. The molecule has 1 aromatic carbocycles. The zero-order valence-electron chi connectivity index (χ0n) is 10.0. The number of amides is 1. The molecule has 2 aromatic rings. The van der Waals surface area contributed by atoms with Crippen molar-refractivity contribution in [3.05, 3.63) is 45.3 Å². The number of carbonyl (C=O) groups excluding carboxylic acids is 1. The number of phenols is 1. The van der Waals surface area contributed by atoms with Crippen LogP contribution in [0.25, 0.3) is 0 Å². The van der Waals surface area contributed by atoms with E-state index in [1.165, 1.54) is 6.21 Å². The molecule has 6 nitrogen and oxygen atoms in total. The third-order valence-electron chi connectivity index (χ3n) is 2.31. The lowest BCUT2D eigenvalue weighted by Crippen LogP contribution is -2.19. The van der Waals surface area contributed by atoms with E-state index in [-0.39, 0.29) is 5.75 Å². The Morgan fingerprint density at radius 3 is 2.89 bits per heavy atom. The quantitative estimate of drug-likeness (QED) is 0.488. The van der Waals surface area contributed by atoms with Gasteiger partial charge in [-0.2, -0.15) is 10.2 Å². The van der Waals surface area contributed by atoms with Crippen LogP contribution in [0.1, 0.15) is 16.1 Å². The van der Waals surface area contributed by atoms with E-state index in [0.29, 0.717) is 11.3 Å². The fourth-order valence-electron chi connectivity index (χ4n) is 1.42. The summed E-state index contributed by atoms with van der Waals surface area (Å²) in [6.45, 7) is 0. The number of rotatable bonds is 3. The number of hydrogen-bond donors (Lipinski definition) is 2. The highest BCUT2D eigenvalue weighted by molar-refractivity contribution is 14.1. The van der Waals surface area contributed by atoms with Crippen molar-refractivity contribution in [2.75, 3.05) is 0 Å². The van der Waals surface area contributed by atoms with Gasteiger partial charge in [-0.15, -0.1) is 0 Å². The van der Waals surface area contributed by atoms with Gasteiger partial charge in [-0.1, -0.05) is 12.1 Å². The van der Waals surface area contributed by atoms with E-state index in [4.69, 9.17) is 0 Å². The largest absolute Gasteiger partial charge is 0.507 e. The van der Waals surface area contributed by atoms with Gasteiger partial charge in [0.15, 0.2) is 5.69 Å². The van der Waals surface area contributed by atoms with Crippen LogP contribution in [-0.4, -0.2) is 27.0 Å². The fraction of sp³-hybridized carbons (Fsp3) is 0.0833. The molecule has 0 spiro atoms. The fourth-order valence-corrected chi connectivity index (χ4v) is 2.18. The van der Waals surface area contributed by atoms with E-state index in [1.807, 2.05) is 22.6 Å².